The van der Waals surface area contributed by atoms with Gasteiger partial charge < -0.3 is 5.84 Å². The van der Waals surface area contributed by atoms with Gasteiger partial charge in [-0.15, -0.1) is 0 Å². The molecule has 10 heteroatoms. The Morgan fingerprint density at radius 1 is 1.26 bits per heavy atom. The van der Waals surface area contributed by atoms with E-state index in [1.54, 1.807) is 0 Å². The third-order valence-electron chi connectivity index (χ3n) is 3.08. The lowest BCUT2D eigenvalue weighted by Crippen LogP contribution is -2.45. The summed E-state index contributed by atoms with van der Waals surface area (Å²) in [6.45, 7) is 1.52. The van der Waals surface area contributed by atoms with Gasteiger partial charge >= 0.3 is 11.9 Å². The van der Waals surface area contributed by atoms with Gasteiger partial charge in [0.25, 0.3) is 5.56 Å². The van der Waals surface area contributed by atoms with E-state index in [4.69, 9.17) is 22.7 Å². The quantitative estimate of drug-likeness (QED) is 0.794. The molecule has 0 bridgehead atoms. The van der Waals surface area contributed by atoms with E-state index < -0.39 is 23.1 Å². The van der Waals surface area contributed by atoms with E-state index in [0.29, 0.717) is 10.1 Å². The second kappa shape index (κ2) is 5.48. The summed E-state index contributed by atoms with van der Waals surface area (Å²) >= 11 is 5.92. The van der Waals surface area contributed by atoms with Crippen molar-refractivity contribution in [2.24, 2.45) is 0 Å². The van der Waals surface area contributed by atoms with Crippen LogP contribution in [0.4, 0.5) is 13.2 Å². The van der Waals surface area contributed by atoms with Crippen LogP contribution in [0.25, 0.3) is 5.69 Å². The van der Waals surface area contributed by atoms with Crippen LogP contribution in [0.2, 0.25) is 5.02 Å². The molecule has 1 aromatic carbocycles. The Labute approximate surface area is 131 Å². The maximum Gasteiger partial charge on any atom is 0.433 e. The van der Waals surface area contributed by atoms with Crippen LogP contribution in [0.5, 0.6) is 0 Å². The van der Waals surface area contributed by atoms with Crippen LogP contribution in [0.15, 0.2) is 27.8 Å². The van der Waals surface area contributed by atoms with Crippen LogP contribution in [0.3, 0.4) is 0 Å². The minimum absolute atomic E-state index is 0.147. The van der Waals surface area contributed by atoms with E-state index >= 15 is 0 Å². The second-order valence-electron chi connectivity index (χ2n) is 4.58. The molecular weight excluding hydrogens is 337 g/mol. The van der Waals surface area contributed by atoms with Crippen LogP contribution >= 0.6 is 11.6 Å². The summed E-state index contributed by atoms with van der Waals surface area (Å²) in [5.74, 6) is 5.15. The second-order valence-corrected chi connectivity index (χ2v) is 4.99. The molecule has 2 aromatic rings. The van der Waals surface area contributed by atoms with E-state index in [2.05, 4.69) is 0 Å². The summed E-state index contributed by atoms with van der Waals surface area (Å²) in [5.41, 5.74) is -3.80. The standard InChI is InChI=1S/C13H8ClF3N4O2/c1-6-2-9(8(14)3-7(6)5-18)20-11(22)4-10(13(15,16)17)21(19)12(20)23/h2-4H,19H2,1H3. The van der Waals surface area contributed by atoms with Crippen molar-refractivity contribution in [2.75, 3.05) is 5.84 Å². The predicted molar refractivity (Wildman–Crippen MR) is 75.9 cm³/mol. The highest BCUT2D eigenvalue weighted by molar-refractivity contribution is 6.32. The van der Waals surface area contributed by atoms with Gasteiger partial charge in [0.2, 0.25) is 0 Å². The lowest BCUT2D eigenvalue weighted by Gasteiger charge is -2.14. The minimum Gasteiger partial charge on any atom is -0.335 e. The molecule has 2 rings (SSSR count). The van der Waals surface area contributed by atoms with Gasteiger partial charge in [-0.1, -0.05) is 11.6 Å². The fourth-order valence-corrected chi connectivity index (χ4v) is 2.20. The largest absolute Gasteiger partial charge is 0.433 e. The molecule has 0 aliphatic rings. The molecule has 0 fully saturated rings. The van der Waals surface area contributed by atoms with Crippen molar-refractivity contribution in [1.29, 1.82) is 5.26 Å². The van der Waals surface area contributed by atoms with Gasteiger partial charge in [0.1, 0.15) is 0 Å². The Hall–Kier alpha value is -2.73. The smallest absolute Gasteiger partial charge is 0.335 e. The maximum atomic E-state index is 12.7. The first-order chi connectivity index (χ1) is 10.6. The molecule has 23 heavy (non-hydrogen) atoms. The number of benzene rings is 1. The zero-order valence-electron chi connectivity index (χ0n) is 11.5. The lowest BCUT2D eigenvalue weighted by molar-refractivity contribution is -0.143. The Morgan fingerprint density at radius 3 is 2.39 bits per heavy atom. The number of nitriles is 1. The van der Waals surface area contributed by atoms with E-state index in [1.807, 2.05) is 6.07 Å². The molecule has 6 nitrogen and oxygen atoms in total. The number of nitrogens with two attached hydrogens (primary N) is 1. The average Bonchev–Trinajstić information content (AvgIpc) is 2.45. The number of aromatic nitrogens is 2. The molecule has 0 unspecified atom stereocenters. The first kappa shape index (κ1) is 16.6. The Bertz CT molecular complexity index is 954. The number of nitrogen functional groups attached to an aromatic ring is 1. The molecule has 120 valence electrons. The summed E-state index contributed by atoms with van der Waals surface area (Å²) in [5, 5.41) is 8.75. The topological polar surface area (TPSA) is 93.8 Å². The summed E-state index contributed by atoms with van der Waals surface area (Å²) in [7, 11) is 0. The number of halogens is 4. The Balaban J connectivity index is 2.85. The third-order valence-corrected chi connectivity index (χ3v) is 3.39. The zero-order chi connectivity index (χ0) is 17.5. The van der Waals surface area contributed by atoms with Crippen LogP contribution in [0.1, 0.15) is 16.8 Å². The summed E-state index contributed by atoms with van der Waals surface area (Å²) in [4.78, 5) is 24.0. The molecule has 1 heterocycles. The fraction of sp³-hybridized carbons (Fsp3) is 0.154. The predicted octanol–water partition coefficient (Wildman–Crippen LogP) is 1.57. The minimum atomic E-state index is -4.96. The molecule has 0 aliphatic heterocycles. The summed E-state index contributed by atoms with van der Waals surface area (Å²) < 4.78 is 38.4. The van der Waals surface area contributed by atoms with Crippen molar-refractivity contribution in [1.82, 2.24) is 9.24 Å². The van der Waals surface area contributed by atoms with E-state index in [9.17, 15) is 22.8 Å². The van der Waals surface area contributed by atoms with Crippen LogP contribution in [-0.4, -0.2) is 9.24 Å². The van der Waals surface area contributed by atoms with Gasteiger partial charge in [0, 0.05) is 6.07 Å². The van der Waals surface area contributed by atoms with Crippen LogP contribution in [-0.2, 0) is 6.18 Å². The monoisotopic (exact) mass is 344 g/mol. The number of nitrogens with zero attached hydrogens (tertiary/aromatic N) is 3. The fourth-order valence-electron chi connectivity index (χ4n) is 1.95. The van der Waals surface area contributed by atoms with E-state index in [-0.39, 0.29) is 27.0 Å². The maximum absolute atomic E-state index is 12.7. The third kappa shape index (κ3) is 2.80. The van der Waals surface area contributed by atoms with Gasteiger partial charge in [0.15, 0.2) is 5.69 Å². The van der Waals surface area contributed by atoms with Crippen molar-refractivity contribution in [3.63, 3.8) is 0 Å². The van der Waals surface area contributed by atoms with Crippen molar-refractivity contribution in [2.45, 2.75) is 13.1 Å². The van der Waals surface area contributed by atoms with Gasteiger partial charge in [-0.3, -0.25) is 4.79 Å². The molecule has 0 saturated carbocycles. The highest BCUT2D eigenvalue weighted by Gasteiger charge is 2.35. The highest BCUT2D eigenvalue weighted by atomic mass is 35.5. The van der Waals surface area contributed by atoms with Crippen molar-refractivity contribution in [3.05, 3.63) is 60.9 Å². The van der Waals surface area contributed by atoms with Crippen LogP contribution in [0, 0.1) is 18.3 Å². The average molecular weight is 345 g/mol. The number of hydrogen-bond acceptors (Lipinski definition) is 4. The Kier molecular flexibility index (Phi) is 3.96. The number of rotatable bonds is 1. The van der Waals surface area contributed by atoms with Gasteiger partial charge in [0.05, 0.1) is 22.3 Å². The summed E-state index contributed by atoms with van der Waals surface area (Å²) in [6.07, 6.45) is -4.96. The SMILES string of the molecule is Cc1cc(-n2c(=O)cc(C(F)(F)F)n(N)c2=O)c(Cl)cc1C#N. The van der Waals surface area contributed by atoms with Crippen LogP contribution < -0.4 is 17.1 Å². The number of aryl methyl sites for hydroxylation is 1. The number of alkyl halides is 3. The molecule has 0 amide bonds. The van der Waals surface area contributed by atoms with Crippen molar-refractivity contribution in [3.8, 4) is 11.8 Å². The Morgan fingerprint density at radius 2 is 1.87 bits per heavy atom. The molecule has 1 aromatic heterocycles. The zero-order valence-corrected chi connectivity index (χ0v) is 12.2. The molecule has 0 radical (unpaired) electrons. The van der Waals surface area contributed by atoms with E-state index in [0.717, 1.165) is 0 Å². The molecular formula is C13H8ClF3N4O2. The normalized spacial score (nSPS) is 11.3. The van der Waals surface area contributed by atoms with Gasteiger partial charge in [-0.2, -0.15) is 18.4 Å². The molecule has 0 spiro atoms. The highest BCUT2D eigenvalue weighted by Crippen LogP contribution is 2.27. The van der Waals surface area contributed by atoms with Gasteiger partial charge in [-0.05, 0) is 24.6 Å². The van der Waals surface area contributed by atoms with Gasteiger partial charge in [-0.25, -0.2) is 14.0 Å². The van der Waals surface area contributed by atoms with E-state index in [1.165, 1.54) is 19.1 Å². The molecule has 0 atom stereocenters. The molecule has 0 saturated heterocycles. The lowest BCUT2D eigenvalue weighted by atomic mass is 10.1. The first-order valence-corrected chi connectivity index (χ1v) is 6.37. The molecule has 0 aliphatic carbocycles. The summed E-state index contributed by atoms with van der Waals surface area (Å²) in [6, 6.07) is 4.51. The van der Waals surface area contributed by atoms with Crippen molar-refractivity contribution < 1.29 is 13.2 Å². The number of hydrogen-bond donors (Lipinski definition) is 1. The van der Waals surface area contributed by atoms with Crippen molar-refractivity contribution >= 4 is 11.6 Å². The first-order valence-electron chi connectivity index (χ1n) is 6.00. The molecule has 2 N–H and O–H groups in total.